The van der Waals surface area contributed by atoms with Gasteiger partial charge in [0.1, 0.15) is 22.4 Å². The van der Waals surface area contributed by atoms with E-state index in [1.807, 2.05) is 31.2 Å². The molecule has 0 aliphatic rings. The maximum Gasteiger partial charge on any atom is 0.309 e. The van der Waals surface area contributed by atoms with Crippen LogP contribution in [-0.2, 0) is 16.1 Å². The lowest BCUT2D eigenvalue weighted by Gasteiger charge is -2.06. The number of benzene rings is 1. The highest BCUT2D eigenvalue weighted by Crippen LogP contribution is 2.18. The average Bonchev–Trinajstić information content (AvgIpc) is 2.84. The molecule has 7 heteroatoms. The van der Waals surface area contributed by atoms with Crippen LogP contribution in [0.5, 0.6) is 5.75 Å². The van der Waals surface area contributed by atoms with E-state index in [4.69, 9.17) is 21.1 Å². The van der Waals surface area contributed by atoms with Gasteiger partial charge >= 0.3 is 5.97 Å². The van der Waals surface area contributed by atoms with Gasteiger partial charge in [0.15, 0.2) is 0 Å². The molecule has 0 unspecified atom stereocenters. The van der Waals surface area contributed by atoms with Gasteiger partial charge in [-0.1, -0.05) is 33.8 Å². The predicted molar refractivity (Wildman–Crippen MR) is 76.0 cm³/mol. The van der Waals surface area contributed by atoms with Crippen molar-refractivity contribution in [2.24, 2.45) is 0 Å². The summed E-state index contributed by atoms with van der Waals surface area (Å²) in [6.45, 7) is 2.31. The minimum atomic E-state index is -0.360. The smallest absolute Gasteiger partial charge is 0.309 e. The highest BCUT2D eigenvalue weighted by Gasteiger charge is 2.09. The van der Waals surface area contributed by atoms with Gasteiger partial charge < -0.3 is 9.47 Å². The zero-order valence-electron chi connectivity index (χ0n) is 10.8. The molecule has 0 amide bonds. The molecule has 0 radical (unpaired) electrons. The van der Waals surface area contributed by atoms with Gasteiger partial charge in [0, 0.05) is 11.5 Å². The number of aromatic nitrogens is 2. The largest absolute Gasteiger partial charge is 0.493 e. The fourth-order valence-electron chi connectivity index (χ4n) is 1.39. The quantitative estimate of drug-likeness (QED) is 0.767. The summed E-state index contributed by atoms with van der Waals surface area (Å²) in [5, 5.41) is 3.75. The van der Waals surface area contributed by atoms with E-state index >= 15 is 0 Å². The van der Waals surface area contributed by atoms with E-state index in [1.54, 1.807) is 0 Å². The Morgan fingerprint density at radius 1 is 1.35 bits per heavy atom. The third-order valence-electron chi connectivity index (χ3n) is 2.48. The first-order valence-corrected chi connectivity index (χ1v) is 7.12. The monoisotopic (exact) mass is 312 g/mol. The highest BCUT2D eigenvalue weighted by atomic mass is 35.5. The van der Waals surface area contributed by atoms with Crippen molar-refractivity contribution in [3.05, 3.63) is 39.9 Å². The van der Waals surface area contributed by atoms with Crippen molar-refractivity contribution in [2.75, 3.05) is 6.61 Å². The minimum Gasteiger partial charge on any atom is -0.493 e. The summed E-state index contributed by atoms with van der Waals surface area (Å²) in [6, 6.07) is 7.62. The average molecular weight is 313 g/mol. The number of esters is 1. The number of hydrogen-bond donors (Lipinski definition) is 0. The van der Waals surface area contributed by atoms with Gasteiger partial charge in [0.25, 0.3) is 0 Å². The van der Waals surface area contributed by atoms with Crippen LogP contribution in [0, 0.1) is 6.92 Å². The van der Waals surface area contributed by atoms with Crippen LogP contribution in [0.25, 0.3) is 0 Å². The predicted octanol–water partition coefficient (Wildman–Crippen LogP) is 3.01. The molecule has 0 saturated heterocycles. The second kappa shape index (κ2) is 7.21. The van der Waals surface area contributed by atoms with Crippen LogP contribution in [0.4, 0.5) is 0 Å². The van der Waals surface area contributed by atoms with Crippen molar-refractivity contribution in [3.8, 4) is 5.75 Å². The highest BCUT2D eigenvalue weighted by molar-refractivity contribution is 7.10. The molecule has 0 fully saturated rings. The van der Waals surface area contributed by atoms with Gasteiger partial charge in [0.2, 0.25) is 0 Å². The molecule has 2 aromatic rings. The van der Waals surface area contributed by atoms with Crippen LogP contribution in [0.1, 0.15) is 17.7 Å². The Labute approximate surface area is 125 Å². The zero-order valence-corrected chi connectivity index (χ0v) is 12.4. The normalized spacial score (nSPS) is 10.3. The minimum absolute atomic E-state index is 0.0404. The first-order chi connectivity index (χ1) is 9.65. The third-order valence-corrected chi connectivity index (χ3v) is 3.46. The van der Waals surface area contributed by atoms with Crippen LogP contribution in [-0.4, -0.2) is 22.2 Å². The lowest BCUT2D eigenvalue weighted by atomic mass is 10.2. The van der Waals surface area contributed by atoms with Crippen LogP contribution >= 0.6 is 23.1 Å². The number of rotatable bonds is 6. The number of halogens is 1. The van der Waals surface area contributed by atoms with Crippen LogP contribution < -0.4 is 4.74 Å². The molecule has 0 spiro atoms. The Balaban J connectivity index is 1.68. The second-order valence-electron chi connectivity index (χ2n) is 4.07. The Bertz CT molecular complexity index is 571. The fraction of sp³-hybridized carbons (Fsp3) is 0.308. The lowest BCUT2D eigenvalue weighted by molar-refractivity contribution is -0.145. The van der Waals surface area contributed by atoms with E-state index < -0.39 is 0 Å². The molecule has 0 saturated carbocycles. The Morgan fingerprint density at radius 2 is 2.10 bits per heavy atom. The van der Waals surface area contributed by atoms with Gasteiger partial charge in [0.05, 0.1) is 13.0 Å². The van der Waals surface area contributed by atoms with Crippen molar-refractivity contribution in [2.45, 2.75) is 20.0 Å². The van der Waals surface area contributed by atoms with E-state index in [2.05, 4.69) is 9.59 Å². The van der Waals surface area contributed by atoms with Crippen LogP contribution in [0.15, 0.2) is 24.3 Å². The van der Waals surface area contributed by atoms with Gasteiger partial charge in [-0.15, -0.1) is 5.10 Å². The number of carbonyl (C=O) groups excluding carboxylic acids is 1. The summed E-state index contributed by atoms with van der Waals surface area (Å²) in [4.78, 5) is 11.5. The van der Waals surface area contributed by atoms with E-state index in [9.17, 15) is 4.79 Å². The molecule has 0 bridgehead atoms. The number of aryl methyl sites for hydroxylation is 1. The molecule has 0 aliphatic heterocycles. The summed E-state index contributed by atoms with van der Waals surface area (Å²) < 4.78 is 14.6. The molecular weight excluding hydrogens is 300 g/mol. The summed E-state index contributed by atoms with van der Waals surface area (Å²) in [5.74, 6) is 0.372. The molecule has 2 rings (SSSR count). The fourth-order valence-corrected chi connectivity index (χ4v) is 1.99. The molecule has 106 valence electrons. The molecule has 20 heavy (non-hydrogen) atoms. The van der Waals surface area contributed by atoms with E-state index in [1.165, 1.54) is 0 Å². The SMILES string of the molecule is Cc1ccc(OCCC(=O)OCc2nnsc2Cl)cc1. The third kappa shape index (κ3) is 4.47. The molecule has 0 N–H and O–H groups in total. The number of carbonyl (C=O) groups is 1. The van der Waals surface area contributed by atoms with Crippen molar-refractivity contribution in [1.29, 1.82) is 0 Å². The van der Waals surface area contributed by atoms with Gasteiger partial charge in [-0.2, -0.15) is 0 Å². The van der Waals surface area contributed by atoms with E-state index in [-0.39, 0.29) is 25.6 Å². The number of ether oxygens (including phenoxy) is 2. The summed E-state index contributed by atoms with van der Waals surface area (Å²) in [6.07, 6.45) is 0.170. The van der Waals surface area contributed by atoms with Crippen LogP contribution in [0.2, 0.25) is 4.34 Å². The second-order valence-corrected chi connectivity index (χ2v) is 5.42. The Hall–Kier alpha value is -1.66. The Kier molecular flexibility index (Phi) is 5.31. The van der Waals surface area contributed by atoms with Crippen molar-refractivity contribution >= 4 is 29.1 Å². The zero-order chi connectivity index (χ0) is 14.4. The molecule has 1 aromatic carbocycles. The van der Waals surface area contributed by atoms with E-state index in [0.29, 0.717) is 10.0 Å². The first-order valence-electron chi connectivity index (χ1n) is 5.97. The van der Waals surface area contributed by atoms with E-state index in [0.717, 1.165) is 22.8 Å². The summed E-state index contributed by atoms with van der Waals surface area (Å²) in [5.41, 5.74) is 1.63. The first kappa shape index (κ1) is 14.7. The maximum absolute atomic E-state index is 11.5. The molecule has 5 nitrogen and oxygen atoms in total. The van der Waals surface area contributed by atoms with Gasteiger partial charge in [-0.05, 0) is 19.1 Å². The topological polar surface area (TPSA) is 61.3 Å². The molecule has 1 aromatic heterocycles. The van der Waals surface area contributed by atoms with Crippen LogP contribution in [0.3, 0.4) is 0 Å². The lowest BCUT2D eigenvalue weighted by Crippen LogP contribution is -2.10. The van der Waals surface area contributed by atoms with Gasteiger partial charge in [-0.25, -0.2) is 0 Å². The standard InChI is InChI=1S/C13H13ClN2O3S/c1-9-2-4-10(5-3-9)18-7-6-12(17)19-8-11-13(14)20-16-15-11/h2-5H,6-8H2,1H3. The van der Waals surface area contributed by atoms with Crippen molar-refractivity contribution < 1.29 is 14.3 Å². The molecule has 0 aliphatic carbocycles. The van der Waals surface area contributed by atoms with Gasteiger partial charge in [-0.3, -0.25) is 4.79 Å². The van der Waals surface area contributed by atoms with Crippen molar-refractivity contribution in [3.63, 3.8) is 0 Å². The summed E-state index contributed by atoms with van der Waals surface area (Å²) >= 11 is 6.86. The maximum atomic E-state index is 11.5. The molecule has 0 atom stereocenters. The Morgan fingerprint density at radius 3 is 2.75 bits per heavy atom. The molecular formula is C13H13ClN2O3S. The van der Waals surface area contributed by atoms with Crippen molar-refractivity contribution in [1.82, 2.24) is 9.59 Å². The number of hydrogen-bond acceptors (Lipinski definition) is 6. The molecule has 1 heterocycles. The number of nitrogens with zero attached hydrogens (tertiary/aromatic N) is 2. The summed E-state index contributed by atoms with van der Waals surface area (Å²) in [7, 11) is 0.